The van der Waals surface area contributed by atoms with Gasteiger partial charge in [-0.2, -0.15) is 0 Å². The van der Waals surface area contributed by atoms with E-state index in [1.54, 1.807) is 0 Å². The highest BCUT2D eigenvalue weighted by molar-refractivity contribution is 5.91. The molecule has 17 heavy (non-hydrogen) atoms. The first-order valence-electron chi connectivity index (χ1n) is 7.13. The van der Waals surface area contributed by atoms with E-state index in [9.17, 15) is 9.90 Å². The maximum absolute atomic E-state index is 11.4. The Balaban J connectivity index is 1.65. The fourth-order valence-corrected chi connectivity index (χ4v) is 4.13. The second kappa shape index (κ2) is 4.56. The largest absolute Gasteiger partial charge is 0.393 e. The maximum atomic E-state index is 11.4. The van der Waals surface area contributed by atoms with Gasteiger partial charge in [-0.25, -0.2) is 0 Å². The number of aliphatic hydroxyl groups is 1. The molecule has 0 bridgehead atoms. The molecule has 0 aromatic heterocycles. The summed E-state index contributed by atoms with van der Waals surface area (Å²) in [4.78, 5) is 11.4. The summed E-state index contributed by atoms with van der Waals surface area (Å²) in [5.41, 5.74) is 1.43. The molecule has 2 nitrogen and oxygen atoms in total. The summed E-state index contributed by atoms with van der Waals surface area (Å²) >= 11 is 0. The molecule has 1 N–H and O–H groups in total. The zero-order valence-corrected chi connectivity index (χ0v) is 10.4. The number of hydrogen-bond donors (Lipinski definition) is 1. The summed E-state index contributed by atoms with van der Waals surface area (Å²) in [6.07, 6.45) is 10.6. The zero-order chi connectivity index (χ0) is 11.8. The Hall–Kier alpha value is -0.630. The van der Waals surface area contributed by atoms with E-state index < -0.39 is 0 Å². The minimum atomic E-state index is -0.0372. The minimum absolute atomic E-state index is 0.0372. The molecule has 0 heterocycles. The number of carbonyl (C=O) groups is 1. The van der Waals surface area contributed by atoms with Crippen molar-refractivity contribution in [2.45, 2.75) is 57.5 Å². The highest BCUT2D eigenvalue weighted by Gasteiger charge is 2.35. The summed E-state index contributed by atoms with van der Waals surface area (Å²) in [5.74, 6) is 2.59. The van der Waals surface area contributed by atoms with Crippen LogP contribution in [-0.4, -0.2) is 17.0 Å². The first kappa shape index (κ1) is 11.5. The average molecular weight is 234 g/mol. The van der Waals surface area contributed by atoms with E-state index in [1.165, 1.54) is 24.8 Å². The summed E-state index contributed by atoms with van der Waals surface area (Å²) in [7, 11) is 0. The van der Waals surface area contributed by atoms with Gasteiger partial charge in [-0.15, -0.1) is 0 Å². The molecule has 2 fully saturated rings. The summed E-state index contributed by atoms with van der Waals surface area (Å²) in [5, 5.41) is 9.64. The lowest BCUT2D eigenvalue weighted by Gasteiger charge is -2.36. The van der Waals surface area contributed by atoms with Crippen LogP contribution in [0.15, 0.2) is 11.6 Å². The molecule has 0 aliphatic heterocycles. The predicted molar refractivity (Wildman–Crippen MR) is 66.5 cm³/mol. The summed E-state index contributed by atoms with van der Waals surface area (Å²) in [6, 6.07) is 0. The van der Waals surface area contributed by atoms with E-state index >= 15 is 0 Å². The Labute approximate surface area is 103 Å². The molecule has 0 saturated heterocycles. The van der Waals surface area contributed by atoms with Crippen molar-refractivity contribution in [3.63, 3.8) is 0 Å². The van der Waals surface area contributed by atoms with Crippen LogP contribution in [0.2, 0.25) is 0 Å². The van der Waals surface area contributed by atoms with Gasteiger partial charge >= 0.3 is 0 Å². The van der Waals surface area contributed by atoms with Crippen molar-refractivity contribution in [3.8, 4) is 0 Å². The van der Waals surface area contributed by atoms with Crippen LogP contribution in [0.1, 0.15) is 51.4 Å². The van der Waals surface area contributed by atoms with Gasteiger partial charge in [-0.3, -0.25) is 4.79 Å². The standard InChI is InChI=1S/C15H22O2/c16-14-5-3-11-7-10(1-2-12(11)8-14)13-4-6-15(17)9-13/h8,10-11,13,15,17H,1-7,9H2. The van der Waals surface area contributed by atoms with Gasteiger partial charge in [0.15, 0.2) is 5.78 Å². The molecule has 0 aromatic rings. The number of fused-ring (bicyclic) bond motifs is 1. The van der Waals surface area contributed by atoms with Crippen molar-refractivity contribution in [3.05, 3.63) is 11.6 Å². The molecule has 0 radical (unpaired) electrons. The molecule has 4 unspecified atom stereocenters. The van der Waals surface area contributed by atoms with Crippen LogP contribution in [0.4, 0.5) is 0 Å². The van der Waals surface area contributed by atoms with E-state index in [0.29, 0.717) is 11.7 Å². The fourth-order valence-electron chi connectivity index (χ4n) is 4.13. The fraction of sp³-hybridized carbons (Fsp3) is 0.800. The van der Waals surface area contributed by atoms with E-state index in [-0.39, 0.29) is 6.10 Å². The topological polar surface area (TPSA) is 37.3 Å². The molecular weight excluding hydrogens is 212 g/mol. The third-order valence-corrected chi connectivity index (χ3v) is 5.11. The average Bonchev–Trinajstić information content (AvgIpc) is 2.75. The third-order valence-electron chi connectivity index (χ3n) is 5.11. The number of hydrogen-bond acceptors (Lipinski definition) is 2. The Bertz CT molecular complexity index is 345. The van der Waals surface area contributed by atoms with Gasteiger partial charge in [0.05, 0.1) is 6.10 Å². The van der Waals surface area contributed by atoms with Crippen LogP contribution < -0.4 is 0 Å². The summed E-state index contributed by atoms with van der Waals surface area (Å²) < 4.78 is 0. The monoisotopic (exact) mass is 234 g/mol. The van der Waals surface area contributed by atoms with Gasteiger partial charge in [0, 0.05) is 6.42 Å². The number of allylic oxidation sites excluding steroid dienone is 2. The molecule has 2 saturated carbocycles. The van der Waals surface area contributed by atoms with Crippen LogP contribution in [0.5, 0.6) is 0 Å². The van der Waals surface area contributed by atoms with E-state index in [0.717, 1.165) is 43.9 Å². The van der Waals surface area contributed by atoms with Crippen LogP contribution in [0.3, 0.4) is 0 Å². The molecule has 94 valence electrons. The molecule has 0 amide bonds. The molecular formula is C15H22O2. The van der Waals surface area contributed by atoms with Gasteiger partial charge in [0.1, 0.15) is 0 Å². The van der Waals surface area contributed by atoms with Crippen molar-refractivity contribution in [2.24, 2.45) is 17.8 Å². The predicted octanol–water partition coefficient (Wildman–Crippen LogP) is 2.85. The quantitative estimate of drug-likeness (QED) is 0.757. The highest BCUT2D eigenvalue weighted by atomic mass is 16.3. The van der Waals surface area contributed by atoms with Gasteiger partial charge < -0.3 is 5.11 Å². The number of aliphatic hydroxyl groups excluding tert-OH is 1. The second-order valence-corrected chi connectivity index (χ2v) is 6.18. The lowest BCUT2D eigenvalue weighted by molar-refractivity contribution is -0.115. The van der Waals surface area contributed by atoms with Crippen molar-refractivity contribution < 1.29 is 9.90 Å². The maximum Gasteiger partial charge on any atom is 0.155 e. The molecule has 3 aliphatic carbocycles. The SMILES string of the molecule is O=C1C=C2CCC(C3CCC(O)C3)CC2CC1. The van der Waals surface area contributed by atoms with E-state index in [4.69, 9.17) is 0 Å². The molecule has 3 aliphatic rings. The van der Waals surface area contributed by atoms with Crippen LogP contribution in [-0.2, 0) is 4.79 Å². The normalized spacial score (nSPS) is 42.2. The van der Waals surface area contributed by atoms with Gasteiger partial charge in [0.2, 0.25) is 0 Å². The van der Waals surface area contributed by atoms with Gasteiger partial charge in [-0.05, 0) is 68.8 Å². The molecule has 4 atom stereocenters. The Morgan fingerprint density at radius 1 is 1.00 bits per heavy atom. The summed E-state index contributed by atoms with van der Waals surface area (Å²) in [6.45, 7) is 0. The van der Waals surface area contributed by atoms with Crippen LogP contribution in [0, 0.1) is 17.8 Å². The van der Waals surface area contributed by atoms with Crippen molar-refractivity contribution in [1.29, 1.82) is 0 Å². The molecule has 2 heteroatoms. The lowest BCUT2D eigenvalue weighted by Crippen LogP contribution is -2.26. The van der Waals surface area contributed by atoms with Crippen LogP contribution in [0.25, 0.3) is 0 Å². The Morgan fingerprint density at radius 2 is 1.82 bits per heavy atom. The second-order valence-electron chi connectivity index (χ2n) is 6.18. The highest BCUT2D eigenvalue weighted by Crippen LogP contribution is 2.45. The lowest BCUT2D eigenvalue weighted by atomic mass is 9.69. The minimum Gasteiger partial charge on any atom is -0.393 e. The number of ketones is 1. The third kappa shape index (κ3) is 2.33. The smallest absolute Gasteiger partial charge is 0.155 e. The Kier molecular flexibility index (Phi) is 3.08. The molecule has 0 aromatic carbocycles. The zero-order valence-electron chi connectivity index (χ0n) is 10.4. The first-order valence-corrected chi connectivity index (χ1v) is 7.13. The van der Waals surface area contributed by atoms with Crippen molar-refractivity contribution in [1.82, 2.24) is 0 Å². The number of carbonyl (C=O) groups excluding carboxylic acids is 1. The Morgan fingerprint density at radius 3 is 2.59 bits per heavy atom. The van der Waals surface area contributed by atoms with Crippen LogP contribution >= 0.6 is 0 Å². The van der Waals surface area contributed by atoms with Crippen molar-refractivity contribution in [2.75, 3.05) is 0 Å². The van der Waals surface area contributed by atoms with Gasteiger partial charge in [-0.1, -0.05) is 5.57 Å². The number of rotatable bonds is 1. The van der Waals surface area contributed by atoms with E-state index in [2.05, 4.69) is 0 Å². The molecule has 3 rings (SSSR count). The first-order chi connectivity index (χ1) is 8.22. The van der Waals surface area contributed by atoms with E-state index in [1.807, 2.05) is 6.08 Å². The van der Waals surface area contributed by atoms with Gasteiger partial charge in [0.25, 0.3) is 0 Å². The molecule has 0 spiro atoms. The van der Waals surface area contributed by atoms with Crippen molar-refractivity contribution >= 4 is 5.78 Å².